The molecular weight excluding hydrogens is 260 g/mol. The summed E-state index contributed by atoms with van der Waals surface area (Å²) in [6.07, 6.45) is 0. The quantitative estimate of drug-likeness (QED) is 0.895. The van der Waals surface area contributed by atoms with Crippen molar-refractivity contribution in [1.82, 2.24) is 0 Å². The number of hydrogen-bond donors (Lipinski definition) is 1. The second-order valence-corrected chi connectivity index (χ2v) is 5.27. The number of hydrogen-bond acceptors (Lipinski definition) is 3. The molecule has 1 atom stereocenters. The van der Waals surface area contributed by atoms with Crippen LogP contribution in [0.5, 0.6) is 5.75 Å². The van der Waals surface area contributed by atoms with E-state index in [2.05, 4.69) is 49.1 Å². The Labute approximate surface area is 127 Å². The fourth-order valence-corrected chi connectivity index (χ4v) is 2.69. The van der Waals surface area contributed by atoms with E-state index in [1.807, 2.05) is 19.1 Å². The Bertz CT molecular complexity index is 608. The summed E-state index contributed by atoms with van der Waals surface area (Å²) in [4.78, 5) is 2.27. The van der Waals surface area contributed by atoms with Crippen molar-refractivity contribution in [2.45, 2.75) is 26.8 Å². The van der Waals surface area contributed by atoms with Crippen LogP contribution in [-0.4, -0.2) is 13.7 Å². The molecule has 0 amide bonds. The largest absolute Gasteiger partial charge is 0.496 e. The van der Waals surface area contributed by atoms with Crippen LogP contribution >= 0.6 is 0 Å². The molecule has 0 heterocycles. The smallest absolute Gasteiger partial charge is 0.125 e. The fraction of sp³-hybridized carbons (Fsp3) is 0.333. The molecule has 0 saturated carbocycles. The molecule has 21 heavy (non-hydrogen) atoms. The van der Waals surface area contributed by atoms with Gasteiger partial charge in [-0.1, -0.05) is 18.2 Å². The van der Waals surface area contributed by atoms with Gasteiger partial charge in [0.05, 0.1) is 7.11 Å². The summed E-state index contributed by atoms with van der Waals surface area (Å²) >= 11 is 0. The van der Waals surface area contributed by atoms with Crippen LogP contribution in [0.2, 0.25) is 0 Å². The van der Waals surface area contributed by atoms with E-state index in [0.29, 0.717) is 0 Å². The van der Waals surface area contributed by atoms with E-state index >= 15 is 0 Å². The summed E-state index contributed by atoms with van der Waals surface area (Å²) in [6.45, 7) is 7.12. The van der Waals surface area contributed by atoms with Gasteiger partial charge >= 0.3 is 0 Å². The van der Waals surface area contributed by atoms with E-state index < -0.39 is 0 Å². The monoisotopic (exact) mass is 284 g/mol. The van der Waals surface area contributed by atoms with Crippen molar-refractivity contribution < 1.29 is 4.74 Å². The van der Waals surface area contributed by atoms with Crippen molar-refractivity contribution in [3.05, 3.63) is 53.6 Å². The lowest BCUT2D eigenvalue weighted by Crippen LogP contribution is -2.20. The third-order valence-corrected chi connectivity index (χ3v) is 3.64. The van der Waals surface area contributed by atoms with Gasteiger partial charge in [-0.15, -0.1) is 0 Å². The molecule has 0 unspecified atom stereocenters. The first kappa shape index (κ1) is 15.4. The van der Waals surface area contributed by atoms with E-state index in [1.54, 1.807) is 7.11 Å². The van der Waals surface area contributed by atoms with Gasteiger partial charge in [0.2, 0.25) is 0 Å². The molecule has 2 aromatic carbocycles. The van der Waals surface area contributed by atoms with Gasteiger partial charge in [0.15, 0.2) is 0 Å². The van der Waals surface area contributed by atoms with Crippen LogP contribution in [0.4, 0.5) is 11.4 Å². The molecule has 112 valence electrons. The Morgan fingerprint density at radius 2 is 1.90 bits per heavy atom. The lowest BCUT2D eigenvalue weighted by Gasteiger charge is -2.28. The zero-order valence-corrected chi connectivity index (χ0v) is 13.3. The zero-order chi connectivity index (χ0) is 15.4. The van der Waals surface area contributed by atoms with E-state index in [9.17, 15) is 0 Å². The highest BCUT2D eigenvalue weighted by Gasteiger charge is 2.18. The van der Waals surface area contributed by atoms with Crippen LogP contribution < -0.4 is 15.4 Å². The van der Waals surface area contributed by atoms with E-state index in [1.165, 1.54) is 11.3 Å². The highest BCUT2D eigenvalue weighted by molar-refractivity contribution is 5.70. The Kier molecular flexibility index (Phi) is 4.86. The summed E-state index contributed by atoms with van der Waals surface area (Å²) in [5.74, 6) is 0.841. The van der Waals surface area contributed by atoms with Crippen LogP contribution in [0.15, 0.2) is 42.5 Å². The third kappa shape index (κ3) is 3.19. The fourth-order valence-electron chi connectivity index (χ4n) is 2.69. The van der Waals surface area contributed by atoms with Crippen molar-refractivity contribution in [1.29, 1.82) is 0 Å². The molecule has 2 N–H and O–H groups in total. The normalized spacial score (nSPS) is 12.0. The second kappa shape index (κ2) is 6.64. The van der Waals surface area contributed by atoms with E-state index in [-0.39, 0.29) is 6.04 Å². The maximum absolute atomic E-state index is 6.18. The number of nitrogens with two attached hydrogens (primary N) is 1. The highest BCUT2D eigenvalue weighted by Crippen LogP contribution is 2.37. The van der Waals surface area contributed by atoms with Gasteiger partial charge in [0.1, 0.15) is 5.75 Å². The predicted octanol–water partition coefficient (Wildman–Crippen LogP) is 4.18. The molecule has 3 heteroatoms. The minimum Gasteiger partial charge on any atom is -0.496 e. The summed E-state index contributed by atoms with van der Waals surface area (Å²) in [6, 6.07) is 14.5. The topological polar surface area (TPSA) is 38.5 Å². The van der Waals surface area contributed by atoms with Gasteiger partial charge in [-0.25, -0.2) is 0 Å². The summed E-state index contributed by atoms with van der Waals surface area (Å²) in [5.41, 5.74) is 10.8. The lowest BCUT2D eigenvalue weighted by molar-refractivity contribution is 0.407. The van der Waals surface area contributed by atoms with Crippen molar-refractivity contribution in [2.24, 2.45) is 5.73 Å². The minimum atomic E-state index is -0.0880. The number of rotatable bonds is 5. The number of methoxy groups -OCH3 is 1. The first-order chi connectivity index (χ1) is 10.1. The average molecular weight is 284 g/mol. The van der Waals surface area contributed by atoms with E-state index in [0.717, 1.165) is 23.5 Å². The first-order valence-electron chi connectivity index (χ1n) is 7.35. The van der Waals surface area contributed by atoms with Gasteiger partial charge in [-0.3, -0.25) is 0 Å². The maximum atomic E-state index is 6.18. The molecule has 2 aromatic rings. The number of ether oxygens (including phenoxy) is 1. The SMILES string of the molecule is CCN(c1cccc(C)c1)c1cccc(OC)c1[C@H](C)N. The third-order valence-electron chi connectivity index (χ3n) is 3.64. The van der Waals surface area contributed by atoms with E-state index in [4.69, 9.17) is 10.5 Å². The Morgan fingerprint density at radius 3 is 2.48 bits per heavy atom. The van der Waals surface area contributed by atoms with Crippen LogP contribution in [0, 0.1) is 6.92 Å². The Balaban J connectivity index is 2.57. The lowest BCUT2D eigenvalue weighted by atomic mass is 10.0. The molecule has 0 bridgehead atoms. The molecule has 0 aliphatic rings. The minimum absolute atomic E-state index is 0.0880. The molecule has 0 aromatic heterocycles. The highest BCUT2D eigenvalue weighted by atomic mass is 16.5. The number of nitrogens with zero attached hydrogens (tertiary/aromatic N) is 1. The van der Waals surface area contributed by atoms with Gasteiger partial charge in [-0.05, 0) is 50.6 Å². The molecule has 0 spiro atoms. The van der Waals surface area contributed by atoms with Crippen LogP contribution in [-0.2, 0) is 0 Å². The number of benzene rings is 2. The first-order valence-corrected chi connectivity index (χ1v) is 7.35. The summed E-state index contributed by atoms with van der Waals surface area (Å²) < 4.78 is 5.49. The van der Waals surface area contributed by atoms with Gasteiger partial charge in [-0.2, -0.15) is 0 Å². The summed E-state index contributed by atoms with van der Waals surface area (Å²) in [7, 11) is 1.69. The predicted molar refractivity (Wildman–Crippen MR) is 89.5 cm³/mol. The Morgan fingerprint density at radius 1 is 1.19 bits per heavy atom. The van der Waals surface area contributed by atoms with Crippen LogP contribution in [0.1, 0.15) is 31.0 Å². The molecule has 0 fully saturated rings. The maximum Gasteiger partial charge on any atom is 0.125 e. The van der Waals surface area contributed by atoms with Crippen molar-refractivity contribution >= 4 is 11.4 Å². The standard InChI is InChI=1S/C18H24N2O/c1-5-20(15-9-6-8-13(2)12-15)16-10-7-11-17(21-4)18(16)14(3)19/h6-12,14H,5,19H2,1-4H3/t14-/m0/s1. The number of anilines is 2. The molecule has 0 aliphatic carbocycles. The van der Waals surface area contributed by atoms with Crippen LogP contribution in [0.3, 0.4) is 0 Å². The molecule has 0 aliphatic heterocycles. The Hall–Kier alpha value is -2.00. The molecular formula is C18H24N2O. The average Bonchev–Trinajstić information content (AvgIpc) is 2.47. The van der Waals surface area contributed by atoms with Crippen LogP contribution in [0.25, 0.3) is 0 Å². The van der Waals surface area contributed by atoms with Gasteiger partial charge < -0.3 is 15.4 Å². The van der Waals surface area contributed by atoms with Gasteiger partial charge in [0, 0.05) is 29.5 Å². The second-order valence-electron chi connectivity index (χ2n) is 5.27. The van der Waals surface area contributed by atoms with Crippen molar-refractivity contribution in [3.63, 3.8) is 0 Å². The zero-order valence-electron chi connectivity index (χ0n) is 13.3. The molecule has 0 saturated heterocycles. The number of aryl methyl sites for hydroxylation is 1. The molecule has 0 radical (unpaired) electrons. The molecule has 2 rings (SSSR count). The van der Waals surface area contributed by atoms with Gasteiger partial charge in [0.25, 0.3) is 0 Å². The van der Waals surface area contributed by atoms with Crippen molar-refractivity contribution in [2.75, 3.05) is 18.6 Å². The van der Waals surface area contributed by atoms with Crippen molar-refractivity contribution in [3.8, 4) is 5.75 Å². The summed E-state index contributed by atoms with van der Waals surface area (Å²) in [5, 5.41) is 0. The molecule has 3 nitrogen and oxygen atoms in total.